The topological polar surface area (TPSA) is 61.8 Å². The Morgan fingerprint density at radius 2 is 1.59 bits per heavy atom. The number of morpholine rings is 1. The monoisotopic (exact) mass is 367 g/mol. The first-order chi connectivity index (χ1) is 13.2. The Bertz CT molecular complexity index is 784. The third-order valence-electron chi connectivity index (χ3n) is 5.07. The average Bonchev–Trinajstić information content (AvgIpc) is 2.74. The molecule has 2 aliphatic heterocycles. The van der Waals surface area contributed by atoms with Gasteiger partial charge < -0.3 is 19.4 Å². The number of nitrogens with zero attached hydrogens (tertiary/aromatic N) is 5. The van der Waals surface area contributed by atoms with E-state index in [-0.39, 0.29) is 5.91 Å². The van der Waals surface area contributed by atoms with Crippen LogP contribution in [-0.4, -0.2) is 73.3 Å². The molecule has 2 saturated heterocycles. The lowest BCUT2D eigenvalue weighted by Crippen LogP contribution is -2.47. The Morgan fingerprint density at radius 1 is 0.926 bits per heavy atom. The number of anilines is 2. The summed E-state index contributed by atoms with van der Waals surface area (Å²) >= 11 is 0. The number of carbonyl (C=O) groups excluding carboxylic acids is 1. The Labute approximate surface area is 159 Å². The van der Waals surface area contributed by atoms with Gasteiger partial charge in [0.05, 0.1) is 13.2 Å². The second-order valence-corrected chi connectivity index (χ2v) is 6.87. The zero-order valence-corrected chi connectivity index (χ0v) is 15.7. The van der Waals surface area contributed by atoms with Gasteiger partial charge in [0.1, 0.15) is 17.3 Å². The van der Waals surface area contributed by atoms with Crippen LogP contribution < -0.4 is 9.80 Å². The normalized spacial score (nSPS) is 17.9. The highest BCUT2D eigenvalue weighted by Gasteiger charge is 2.23. The molecule has 7 heteroatoms. The molecule has 2 fully saturated rings. The predicted octanol–water partition coefficient (Wildman–Crippen LogP) is 1.58. The minimum Gasteiger partial charge on any atom is -0.378 e. The average molecular weight is 367 g/mol. The van der Waals surface area contributed by atoms with Crippen molar-refractivity contribution in [1.29, 1.82) is 0 Å². The number of carbonyl (C=O) groups is 1. The fourth-order valence-corrected chi connectivity index (χ4v) is 3.58. The van der Waals surface area contributed by atoms with Crippen LogP contribution in [0.25, 0.3) is 0 Å². The van der Waals surface area contributed by atoms with E-state index in [0.717, 1.165) is 32.0 Å². The number of aryl methyl sites for hydroxylation is 1. The van der Waals surface area contributed by atoms with Crippen LogP contribution in [0.15, 0.2) is 36.4 Å². The fraction of sp³-hybridized carbons (Fsp3) is 0.450. The zero-order chi connectivity index (χ0) is 18.6. The van der Waals surface area contributed by atoms with Crippen LogP contribution in [0.1, 0.15) is 16.3 Å². The molecule has 2 aromatic rings. The molecule has 142 valence electrons. The SMILES string of the molecule is Cc1nc(C(=O)N2CCOCC2)cc(N2CCN(c3ccccc3)CC2)n1. The highest BCUT2D eigenvalue weighted by atomic mass is 16.5. The summed E-state index contributed by atoms with van der Waals surface area (Å²) in [6.45, 7) is 7.86. The molecule has 1 amide bonds. The standard InChI is InChI=1S/C20H25N5O2/c1-16-21-18(20(26)25-11-13-27-14-12-25)15-19(22-16)24-9-7-23(8-10-24)17-5-3-2-4-6-17/h2-6,15H,7-14H2,1H3. The number of piperazine rings is 1. The molecule has 27 heavy (non-hydrogen) atoms. The Balaban J connectivity index is 1.46. The Morgan fingerprint density at radius 3 is 2.30 bits per heavy atom. The summed E-state index contributed by atoms with van der Waals surface area (Å²) in [6.07, 6.45) is 0. The number of hydrogen-bond acceptors (Lipinski definition) is 6. The van der Waals surface area contributed by atoms with E-state index in [9.17, 15) is 4.79 Å². The van der Waals surface area contributed by atoms with E-state index in [1.165, 1.54) is 5.69 Å². The van der Waals surface area contributed by atoms with Gasteiger partial charge in [-0.05, 0) is 19.1 Å². The second kappa shape index (κ2) is 7.92. The van der Waals surface area contributed by atoms with Crippen LogP contribution >= 0.6 is 0 Å². The minimum atomic E-state index is -0.0343. The molecule has 0 radical (unpaired) electrons. The quantitative estimate of drug-likeness (QED) is 0.821. The van der Waals surface area contributed by atoms with Crippen LogP contribution in [0.5, 0.6) is 0 Å². The van der Waals surface area contributed by atoms with Crippen LogP contribution in [0, 0.1) is 6.92 Å². The lowest BCUT2D eigenvalue weighted by atomic mass is 10.2. The molecule has 1 aromatic carbocycles. The van der Waals surface area contributed by atoms with Crippen LogP contribution in [0.4, 0.5) is 11.5 Å². The summed E-state index contributed by atoms with van der Waals surface area (Å²) < 4.78 is 5.34. The lowest BCUT2D eigenvalue weighted by Gasteiger charge is -2.37. The first-order valence-corrected chi connectivity index (χ1v) is 9.48. The van der Waals surface area contributed by atoms with Crippen molar-refractivity contribution >= 4 is 17.4 Å². The number of benzene rings is 1. The van der Waals surface area contributed by atoms with Crippen molar-refractivity contribution in [3.63, 3.8) is 0 Å². The predicted molar refractivity (Wildman–Crippen MR) is 104 cm³/mol. The molecular formula is C20H25N5O2. The summed E-state index contributed by atoms with van der Waals surface area (Å²) in [5.41, 5.74) is 1.73. The van der Waals surface area contributed by atoms with Crippen molar-refractivity contribution in [3.8, 4) is 0 Å². The molecule has 0 N–H and O–H groups in total. The smallest absolute Gasteiger partial charge is 0.272 e. The van der Waals surface area contributed by atoms with E-state index in [2.05, 4.69) is 44.0 Å². The van der Waals surface area contributed by atoms with Gasteiger partial charge in [0, 0.05) is 51.0 Å². The summed E-state index contributed by atoms with van der Waals surface area (Å²) in [5, 5.41) is 0. The third-order valence-corrected chi connectivity index (χ3v) is 5.07. The van der Waals surface area contributed by atoms with E-state index < -0.39 is 0 Å². The van der Waals surface area contributed by atoms with Gasteiger partial charge in [-0.2, -0.15) is 0 Å². The van der Waals surface area contributed by atoms with Crippen molar-refractivity contribution in [1.82, 2.24) is 14.9 Å². The number of amides is 1. The third kappa shape index (κ3) is 4.03. The van der Waals surface area contributed by atoms with Crippen molar-refractivity contribution in [2.75, 3.05) is 62.3 Å². The second-order valence-electron chi connectivity index (χ2n) is 6.87. The maximum absolute atomic E-state index is 12.8. The molecule has 7 nitrogen and oxygen atoms in total. The van der Waals surface area contributed by atoms with Crippen LogP contribution in [0.2, 0.25) is 0 Å². The molecule has 0 atom stereocenters. The van der Waals surface area contributed by atoms with Crippen molar-refractivity contribution in [3.05, 3.63) is 47.9 Å². The van der Waals surface area contributed by atoms with E-state index >= 15 is 0 Å². The van der Waals surface area contributed by atoms with Gasteiger partial charge in [0.25, 0.3) is 5.91 Å². The Hall–Kier alpha value is -2.67. The zero-order valence-electron chi connectivity index (χ0n) is 15.7. The number of aromatic nitrogens is 2. The van der Waals surface area contributed by atoms with E-state index in [4.69, 9.17) is 4.74 Å². The van der Waals surface area contributed by atoms with Gasteiger partial charge >= 0.3 is 0 Å². The Kier molecular flexibility index (Phi) is 5.20. The summed E-state index contributed by atoms with van der Waals surface area (Å²) in [4.78, 5) is 28.2. The van der Waals surface area contributed by atoms with E-state index in [1.807, 2.05) is 24.0 Å². The fourth-order valence-electron chi connectivity index (χ4n) is 3.58. The molecular weight excluding hydrogens is 342 g/mol. The van der Waals surface area contributed by atoms with Gasteiger partial charge in [-0.3, -0.25) is 4.79 Å². The molecule has 0 spiro atoms. The van der Waals surface area contributed by atoms with Crippen molar-refractivity contribution in [2.24, 2.45) is 0 Å². The molecule has 0 unspecified atom stereocenters. The van der Waals surface area contributed by atoms with Gasteiger partial charge in [-0.1, -0.05) is 18.2 Å². The largest absolute Gasteiger partial charge is 0.378 e. The van der Waals surface area contributed by atoms with Gasteiger partial charge in [-0.25, -0.2) is 9.97 Å². The van der Waals surface area contributed by atoms with Crippen molar-refractivity contribution < 1.29 is 9.53 Å². The lowest BCUT2D eigenvalue weighted by molar-refractivity contribution is 0.0299. The summed E-state index contributed by atoms with van der Waals surface area (Å²) in [5.74, 6) is 1.44. The number of ether oxygens (including phenoxy) is 1. The van der Waals surface area contributed by atoms with Crippen molar-refractivity contribution in [2.45, 2.75) is 6.92 Å². The van der Waals surface area contributed by atoms with Gasteiger partial charge in [-0.15, -0.1) is 0 Å². The van der Waals surface area contributed by atoms with Crippen LogP contribution in [-0.2, 0) is 4.74 Å². The van der Waals surface area contributed by atoms with Gasteiger partial charge in [0.15, 0.2) is 0 Å². The maximum Gasteiger partial charge on any atom is 0.272 e. The van der Waals surface area contributed by atoms with E-state index in [1.54, 1.807) is 0 Å². The van der Waals surface area contributed by atoms with Gasteiger partial charge in [0.2, 0.25) is 0 Å². The molecule has 1 aromatic heterocycles. The molecule has 0 bridgehead atoms. The summed E-state index contributed by atoms with van der Waals surface area (Å²) in [7, 11) is 0. The highest BCUT2D eigenvalue weighted by Crippen LogP contribution is 2.20. The first-order valence-electron chi connectivity index (χ1n) is 9.48. The molecule has 4 rings (SSSR count). The molecule has 3 heterocycles. The number of para-hydroxylation sites is 1. The molecule has 0 saturated carbocycles. The highest BCUT2D eigenvalue weighted by molar-refractivity contribution is 5.93. The van der Waals surface area contributed by atoms with E-state index in [0.29, 0.717) is 37.8 Å². The number of hydrogen-bond donors (Lipinski definition) is 0. The first kappa shape index (κ1) is 17.7. The maximum atomic E-state index is 12.8. The minimum absolute atomic E-state index is 0.0343. The summed E-state index contributed by atoms with van der Waals surface area (Å²) in [6, 6.07) is 12.3. The number of rotatable bonds is 3. The van der Waals surface area contributed by atoms with Crippen LogP contribution in [0.3, 0.4) is 0 Å². The molecule has 0 aliphatic carbocycles. The molecule has 2 aliphatic rings.